The largest absolute Gasteiger partial charge is 0.384 e. The van der Waals surface area contributed by atoms with Crippen molar-refractivity contribution in [3.8, 4) is 6.07 Å². The van der Waals surface area contributed by atoms with Crippen LogP contribution in [0.5, 0.6) is 0 Å². The van der Waals surface area contributed by atoms with E-state index in [0.29, 0.717) is 33.1 Å². The molecule has 0 spiro atoms. The van der Waals surface area contributed by atoms with E-state index in [2.05, 4.69) is 16.3 Å². The number of nitrogens with one attached hydrogen (secondary N) is 1. The standard InChI is InChI=1S/C20H18FN5OS2/c1-20(2)7-13-16(14(27)8-20)15(10-3-5-11(21)6-4-10)12(9-22)17(23)26(13)18-24-25-19(28)29-18/h3-6,15H,7-8,23H2,1-2H3,(H,25,28). The first-order valence-electron chi connectivity index (χ1n) is 8.99. The Bertz CT molecular complexity index is 1170. The molecule has 1 unspecified atom stereocenters. The fraction of sp³-hybridized carbons (Fsp3) is 0.300. The molecular formula is C20H18FN5OS2. The van der Waals surface area contributed by atoms with Crippen LogP contribution in [0, 0.1) is 26.5 Å². The number of Topliss-reactive ketones (excluding diaryl/α,β-unsaturated/α-hetero) is 1. The summed E-state index contributed by atoms with van der Waals surface area (Å²) in [5, 5.41) is 17.4. The Morgan fingerprint density at radius 3 is 2.66 bits per heavy atom. The van der Waals surface area contributed by atoms with Crippen LogP contribution >= 0.6 is 23.6 Å². The van der Waals surface area contributed by atoms with Crippen molar-refractivity contribution in [1.82, 2.24) is 10.2 Å². The zero-order valence-electron chi connectivity index (χ0n) is 15.8. The number of ketones is 1. The van der Waals surface area contributed by atoms with Crippen molar-refractivity contribution in [1.29, 1.82) is 5.26 Å². The van der Waals surface area contributed by atoms with Crippen LogP contribution in [0.25, 0.3) is 0 Å². The van der Waals surface area contributed by atoms with E-state index in [1.807, 2.05) is 13.8 Å². The normalized spacial score (nSPS) is 21.2. The lowest BCUT2D eigenvalue weighted by molar-refractivity contribution is -0.118. The number of benzene rings is 1. The van der Waals surface area contributed by atoms with Crippen molar-refractivity contribution in [2.75, 3.05) is 4.90 Å². The van der Waals surface area contributed by atoms with Gasteiger partial charge in [-0.15, -0.1) is 5.10 Å². The Balaban J connectivity index is 2.00. The van der Waals surface area contributed by atoms with E-state index in [0.717, 1.165) is 5.70 Å². The maximum absolute atomic E-state index is 13.5. The maximum atomic E-state index is 13.5. The van der Waals surface area contributed by atoms with Gasteiger partial charge in [-0.25, -0.2) is 4.39 Å². The first kappa shape index (κ1) is 19.5. The van der Waals surface area contributed by atoms with Crippen molar-refractivity contribution in [2.24, 2.45) is 11.1 Å². The SMILES string of the molecule is CC1(C)CC(=O)C2=C(C1)N(c1n[nH]c(=S)s1)C(N)=C(C#N)C2c1ccc(F)cc1. The number of hydrogen-bond donors (Lipinski definition) is 2. The molecule has 1 aromatic carbocycles. The van der Waals surface area contributed by atoms with Gasteiger partial charge in [0, 0.05) is 17.7 Å². The average molecular weight is 428 g/mol. The number of rotatable bonds is 2. The minimum atomic E-state index is -0.637. The Morgan fingerprint density at radius 1 is 1.38 bits per heavy atom. The Hall–Kier alpha value is -2.83. The van der Waals surface area contributed by atoms with Crippen LogP contribution in [0.2, 0.25) is 0 Å². The zero-order valence-corrected chi connectivity index (χ0v) is 17.5. The van der Waals surface area contributed by atoms with E-state index in [-0.39, 0.29) is 28.4 Å². The highest BCUT2D eigenvalue weighted by atomic mass is 32.1. The molecule has 4 rings (SSSR count). The molecule has 6 nitrogen and oxygen atoms in total. The first-order valence-corrected chi connectivity index (χ1v) is 10.2. The summed E-state index contributed by atoms with van der Waals surface area (Å²) in [5.41, 5.74) is 8.31. The lowest BCUT2D eigenvalue weighted by Crippen LogP contribution is -2.42. The number of nitrogens with two attached hydrogens (primary N) is 1. The number of anilines is 1. The van der Waals surface area contributed by atoms with Gasteiger partial charge >= 0.3 is 0 Å². The van der Waals surface area contributed by atoms with E-state index in [1.54, 1.807) is 17.0 Å². The molecule has 1 atom stereocenters. The number of nitriles is 1. The van der Waals surface area contributed by atoms with E-state index < -0.39 is 5.92 Å². The zero-order chi connectivity index (χ0) is 20.9. The summed E-state index contributed by atoms with van der Waals surface area (Å²) < 4.78 is 14.0. The Morgan fingerprint density at radius 2 is 2.07 bits per heavy atom. The van der Waals surface area contributed by atoms with Gasteiger partial charge in [0.1, 0.15) is 11.6 Å². The van der Waals surface area contributed by atoms with Gasteiger partial charge in [-0.3, -0.25) is 14.8 Å². The van der Waals surface area contributed by atoms with Gasteiger partial charge in [-0.2, -0.15) is 5.26 Å². The van der Waals surface area contributed by atoms with Gasteiger partial charge in [-0.05, 0) is 41.7 Å². The fourth-order valence-electron chi connectivity index (χ4n) is 4.03. The predicted molar refractivity (Wildman–Crippen MR) is 111 cm³/mol. The summed E-state index contributed by atoms with van der Waals surface area (Å²) in [4.78, 5) is 14.9. The molecule has 1 aliphatic heterocycles. The topological polar surface area (TPSA) is 98.8 Å². The maximum Gasteiger partial charge on any atom is 0.216 e. The minimum absolute atomic E-state index is 0.0463. The molecule has 9 heteroatoms. The fourth-order valence-corrected chi connectivity index (χ4v) is 4.95. The number of aromatic nitrogens is 2. The van der Waals surface area contributed by atoms with Gasteiger partial charge in [0.2, 0.25) is 5.13 Å². The van der Waals surface area contributed by atoms with Crippen LogP contribution in [-0.2, 0) is 4.79 Å². The number of allylic oxidation sites excluding steroid dienone is 3. The number of aromatic amines is 1. The van der Waals surface area contributed by atoms with E-state index >= 15 is 0 Å². The molecule has 0 radical (unpaired) electrons. The predicted octanol–water partition coefficient (Wildman–Crippen LogP) is 4.28. The van der Waals surface area contributed by atoms with Crippen molar-refractivity contribution in [3.05, 3.63) is 62.3 Å². The average Bonchev–Trinajstić information content (AvgIpc) is 3.06. The molecule has 0 fully saturated rings. The van der Waals surface area contributed by atoms with Crippen molar-refractivity contribution in [3.63, 3.8) is 0 Å². The van der Waals surface area contributed by atoms with Crippen LogP contribution in [0.3, 0.4) is 0 Å². The number of carbonyl (C=O) groups is 1. The second-order valence-corrected chi connectivity index (χ2v) is 9.57. The summed E-state index contributed by atoms with van der Waals surface area (Å²) in [5.74, 6) is -0.857. The molecule has 0 saturated heterocycles. The molecule has 2 aromatic rings. The van der Waals surface area contributed by atoms with Crippen LogP contribution < -0.4 is 10.6 Å². The number of H-pyrrole nitrogens is 1. The summed E-state index contributed by atoms with van der Waals surface area (Å²) in [6.45, 7) is 4.04. The van der Waals surface area contributed by atoms with Crippen LogP contribution in [0.1, 0.15) is 38.2 Å². The number of halogens is 1. The smallest absolute Gasteiger partial charge is 0.216 e. The second-order valence-electron chi connectivity index (χ2n) is 7.93. The second kappa shape index (κ2) is 6.90. The summed E-state index contributed by atoms with van der Waals surface area (Å²) in [6, 6.07) is 8.00. The quantitative estimate of drug-likeness (QED) is 0.694. The van der Waals surface area contributed by atoms with Crippen molar-refractivity contribution in [2.45, 2.75) is 32.6 Å². The van der Waals surface area contributed by atoms with Crippen LogP contribution in [0.15, 0.2) is 46.9 Å². The molecule has 1 aromatic heterocycles. The molecule has 2 heterocycles. The molecule has 1 aliphatic carbocycles. The van der Waals surface area contributed by atoms with Crippen LogP contribution in [0.4, 0.5) is 9.52 Å². The summed E-state index contributed by atoms with van der Waals surface area (Å²) >= 11 is 6.38. The number of hydrogen-bond acceptors (Lipinski definition) is 7. The van der Waals surface area contributed by atoms with Gasteiger partial charge in [0.15, 0.2) is 9.74 Å². The summed E-state index contributed by atoms with van der Waals surface area (Å²) in [6.07, 6.45) is 0.934. The van der Waals surface area contributed by atoms with Crippen molar-refractivity contribution < 1.29 is 9.18 Å². The minimum Gasteiger partial charge on any atom is -0.384 e. The lowest BCUT2D eigenvalue weighted by atomic mass is 9.69. The molecule has 148 valence electrons. The molecule has 0 saturated carbocycles. The third-order valence-corrected chi connectivity index (χ3v) is 6.28. The third-order valence-electron chi connectivity index (χ3n) is 5.20. The monoisotopic (exact) mass is 427 g/mol. The molecule has 29 heavy (non-hydrogen) atoms. The number of carbonyl (C=O) groups excluding carboxylic acids is 1. The van der Waals surface area contributed by atoms with E-state index in [1.165, 1.54) is 23.5 Å². The first-order chi connectivity index (χ1) is 13.7. The molecule has 3 N–H and O–H groups in total. The highest BCUT2D eigenvalue weighted by Crippen LogP contribution is 2.50. The van der Waals surface area contributed by atoms with E-state index in [9.17, 15) is 14.4 Å². The van der Waals surface area contributed by atoms with Gasteiger partial charge < -0.3 is 5.73 Å². The third kappa shape index (κ3) is 3.28. The van der Waals surface area contributed by atoms with Crippen molar-refractivity contribution >= 4 is 34.5 Å². The van der Waals surface area contributed by atoms with Crippen LogP contribution in [-0.4, -0.2) is 16.0 Å². The lowest BCUT2D eigenvalue weighted by Gasteiger charge is -2.42. The number of nitrogens with zero attached hydrogens (tertiary/aromatic N) is 3. The van der Waals surface area contributed by atoms with E-state index in [4.69, 9.17) is 18.0 Å². The Labute approximate surface area is 176 Å². The highest BCUT2D eigenvalue weighted by Gasteiger charge is 2.45. The van der Waals surface area contributed by atoms with Gasteiger partial charge in [0.25, 0.3) is 0 Å². The molecule has 2 aliphatic rings. The van der Waals surface area contributed by atoms with Gasteiger partial charge in [0.05, 0.1) is 17.6 Å². The summed E-state index contributed by atoms with van der Waals surface area (Å²) in [7, 11) is 0. The molecule has 0 bridgehead atoms. The highest BCUT2D eigenvalue weighted by molar-refractivity contribution is 7.73. The molecule has 0 amide bonds. The molecular weight excluding hydrogens is 409 g/mol. The Kier molecular flexibility index (Phi) is 4.63. The van der Waals surface area contributed by atoms with Gasteiger partial charge in [-0.1, -0.05) is 37.3 Å².